The van der Waals surface area contributed by atoms with Gasteiger partial charge in [-0.15, -0.1) is 0 Å². The number of para-hydroxylation sites is 1. The van der Waals surface area contributed by atoms with Crippen LogP contribution in [0.25, 0.3) is 10.9 Å². The van der Waals surface area contributed by atoms with Crippen molar-refractivity contribution in [3.05, 3.63) is 41.6 Å². The van der Waals surface area contributed by atoms with Crippen molar-refractivity contribution in [3.8, 4) is 0 Å². The molecule has 1 atom stereocenters. The average Bonchev–Trinajstić information content (AvgIpc) is 2.45. The van der Waals surface area contributed by atoms with Gasteiger partial charge >= 0.3 is 0 Å². The molecule has 1 heterocycles. The summed E-state index contributed by atoms with van der Waals surface area (Å²) in [4.78, 5) is 17.2. The van der Waals surface area contributed by atoms with Crippen molar-refractivity contribution in [2.75, 3.05) is 6.54 Å². The molecule has 106 valence electrons. The van der Waals surface area contributed by atoms with Gasteiger partial charge in [0.25, 0.3) is 5.91 Å². The number of halogens is 1. The number of carbonyl (C=O) groups is 1. The maximum absolute atomic E-state index is 12.3. The summed E-state index contributed by atoms with van der Waals surface area (Å²) in [6.45, 7) is 4.72. The van der Waals surface area contributed by atoms with Crippen LogP contribution >= 0.6 is 15.9 Å². The number of aromatic nitrogens is 1. The molecule has 0 radical (unpaired) electrons. The van der Waals surface area contributed by atoms with Crippen LogP contribution in [0.1, 0.15) is 35.8 Å². The van der Waals surface area contributed by atoms with E-state index < -0.39 is 0 Å². The van der Waals surface area contributed by atoms with Crippen LogP contribution in [0.3, 0.4) is 0 Å². The minimum atomic E-state index is -0.0255. The van der Waals surface area contributed by atoms with Crippen molar-refractivity contribution in [1.29, 1.82) is 0 Å². The monoisotopic (exact) mass is 334 g/mol. The quantitative estimate of drug-likeness (QED) is 0.844. The fourth-order valence-corrected chi connectivity index (χ4v) is 2.37. The highest BCUT2D eigenvalue weighted by Gasteiger charge is 2.11. The topological polar surface area (TPSA) is 42.0 Å². The van der Waals surface area contributed by atoms with Crippen molar-refractivity contribution in [2.45, 2.75) is 31.5 Å². The van der Waals surface area contributed by atoms with E-state index in [-0.39, 0.29) is 5.91 Å². The number of nitrogens with one attached hydrogen (secondary N) is 1. The highest BCUT2D eigenvalue weighted by Crippen LogP contribution is 2.18. The number of hydrogen-bond acceptors (Lipinski definition) is 2. The summed E-state index contributed by atoms with van der Waals surface area (Å²) in [5.74, 6) is -0.0255. The van der Waals surface area contributed by atoms with Crippen LogP contribution in [0.15, 0.2) is 30.3 Å². The number of fused-ring (bicyclic) bond motifs is 1. The molecule has 2 aromatic rings. The van der Waals surface area contributed by atoms with Gasteiger partial charge in [0.1, 0.15) is 0 Å². The summed E-state index contributed by atoms with van der Waals surface area (Å²) < 4.78 is 0. The van der Waals surface area contributed by atoms with E-state index in [0.29, 0.717) is 16.9 Å². The standard InChI is InChI=1S/C16H19BrN2O/c1-3-12(17)8-9-18-16(20)14-10-11(2)19-15-7-5-4-6-13(14)15/h4-7,10,12H,3,8-9H2,1-2H3,(H,18,20). The number of pyridine rings is 1. The average molecular weight is 335 g/mol. The first-order valence-corrected chi connectivity index (χ1v) is 7.82. The lowest BCUT2D eigenvalue weighted by Gasteiger charge is -2.10. The highest BCUT2D eigenvalue weighted by molar-refractivity contribution is 9.09. The fourth-order valence-electron chi connectivity index (χ4n) is 2.14. The second kappa shape index (κ2) is 6.84. The lowest BCUT2D eigenvalue weighted by molar-refractivity contribution is 0.0954. The predicted octanol–water partition coefficient (Wildman–Crippen LogP) is 3.84. The normalized spacial score (nSPS) is 12.3. The van der Waals surface area contributed by atoms with Gasteiger partial charge < -0.3 is 5.32 Å². The minimum absolute atomic E-state index is 0.0255. The first-order chi connectivity index (χ1) is 9.61. The molecule has 3 nitrogen and oxygen atoms in total. The van der Waals surface area contributed by atoms with E-state index in [1.54, 1.807) is 0 Å². The molecule has 0 saturated carbocycles. The second-order valence-corrected chi connectivity index (χ2v) is 6.17. The lowest BCUT2D eigenvalue weighted by Crippen LogP contribution is -2.26. The number of alkyl halides is 1. The van der Waals surface area contributed by atoms with Crippen LogP contribution in [0, 0.1) is 6.92 Å². The first-order valence-electron chi connectivity index (χ1n) is 6.90. The van der Waals surface area contributed by atoms with Gasteiger partial charge in [-0.25, -0.2) is 0 Å². The zero-order valence-electron chi connectivity index (χ0n) is 11.8. The van der Waals surface area contributed by atoms with E-state index in [2.05, 4.69) is 33.2 Å². The van der Waals surface area contributed by atoms with Gasteiger partial charge in [0, 0.05) is 22.5 Å². The Morgan fingerprint density at radius 2 is 2.15 bits per heavy atom. The van der Waals surface area contributed by atoms with Crippen LogP contribution in [-0.2, 0) is 0 Å². The molecule has 4 heteroatoms. The second-order valence-electron chi connectivity index (χ2n) is 4.88. The number of benzene rings is 1. The van der Waals surface area contributed by atoms with Gasteiger partial charge in [0.05, 0.1) is 11.1 Å². The Morgan fingerprint density at radius 1 is 1.40 bits per heavy atom. The van der Waals surface area contributed by atoms with Crippen LogP contribution in [0.5, 0.6) is 0 Å². The molecule has 0 saturated heterocycles. The highest BCUT2D eigenvalue weighted by atomic mass is 79.9. The third kappa shape index (κ3) is 3.57. The molecule has 1 aromatic heterocycles. The van der Waals surface area contributed by atoms with Crippen molar-refractivity contribution < 1.29 is 4.79 Å². The van der Waals surface area contributed by atoms with Gasteiger partial charge in [-0.2, -0.15) is 0 Å². The summed E-state index contributed by atoms with van der Waals surface area (Å²) in [7, 11) is 0. The molecular formula is C16H19BrN2O. The smallest absolute Gasteiger partial charge is 0.252 e. The number of aryl methyl sites for hydroxylation is 1. The van der Waals surface area contributed by atoms with Gasteiger partial charge in [0.2, 0.25) is 0 Å². The molecule has 1 unspecified atom stereocenters. The van der Waals surface area contributed by atoms with Crippen molar-refractivity contribution in [1.82, 2.24) is 10.3 Å². The van der Waals surface area contributed by atoms with E-state index in [0.717, 1.165) is 29.4 Å². The Labute approximate surface area is 127 Å². The van der Waals surface area contributed by atoms with Crippen molar-refractivity contribution >= 4 is 32.7 Å². The largest absolute Gasteiger partial charge is 0.352 e. The molecule has 0 bridgehead atoms. The molecule has 0 aliphatic carbocycles. The Morgan fingerprint density at radius 3 is 2.90 bits per heavy atom. The maximum atomic E-state index is 12.3. The Bertz CT molecular complexity index is 612. The fraction of sp³-hybridized carbons (Fsp3) is 0.375. The van der Waals surface area contributed by atoms with E-state index in [4.69, 9.17) is 0 Å². The zero-order valence-corrected chi connectivity index (χ0v) is 13.4. The first kappa shape index (κ1) is 15.0. The minimum Gasteiger partial charge on any atom is -0.352 e. The predicted molar refractivity (Wildman–Crippen MR) is 86.4 cm³/mol. The van der Waals surface area contributed by atoms with E-state index in [1.807, 2.05) is 37.3 Å². The molecule has 1 N–H and O–H groups in total. The summed E-state index contributed by atoms with van der Waals surface area (Å²) in [6.07, 6.45) is 2.00. The molecule has 20 heavy (non-hydrogen) atoms. The molecule has 1 aromatic carbocycles. The summed E-state index contributed by atoms with van der Waals surface area (Å²) >= 11 is 3.57. The number of nitrogens with zero attached hydrogens (tertiary/aromatic N) is 1. The number of rotatable bonds is 5. The number of carbonyl (C=O) groups excluding carboxylic acids is 1. The van der Waals surface area contributed by atoms with Gasteiger partial charge in [0.15, 0.2) is 0 Å². The lowest BCUT2D eigenvalue weighted by atomic mass is 10.1. The van der Waals surface area contributed by atoms with E-state index in [9.17, 15) is 4.79 Å². The van der Waals surface area contributed by atoms with E-state index >= 15 is 0 Å². The molecule has 0 fully saturated rings. The number of amides is 1. The molecular weight excluding hydrogens is 316 g/mol. The van der Waals surface area contributed by atoms with Crippen LogP contribution in [0.4, 0.5) is 0 Å². The SMILES string of the molecule is CCC(Br)CCNC(=O)c1cc(C)nc2ccccc12. The van der Waals surface area contributed by atoms with Gasteiger partial charge in [-0.3, -0.25) is 9.78 Å². The summed E-state index contributed by atoms with van der Waals surface area (Å²) in [6, 6.07) is 9.60. The third-order valence-corrected chi connectivity index (χ3v) is 4.38. The van der Waals surface area contributed by atoms with Gasteiger partial charge in [-0.1, -0.05) is 41.1 Å². The Hall–Kier alpha value is -1.42. The maximum Gasteiger partial charge on any atom is 0.252 e. The summed E-state index contributed by atoms with van der Waals surface area (Å²) in [5, 5.41) is 3.89. The van der Waals surface area contributed by atoms with Gasteiger partial charge in [-0.05, 0) is 31.9 Å². The van der Waals surface area contributed by atoms with Crippen LogP contribution < -0.4 is 5.32 Å². The van der Waals surface area contributed by atoms with E-state index in [1.165, 1.54) is 0 Å². The van der Waals surface area contributed by atoms with Crippen molar-refractivity contribution in [3.63, 3.8) is 0 Å². The van der Waals surface area contributed by atoms with Crippen molar-refractivity contribution in [2.24, 2.45) is 0 Å². The third-order valence-electron chi connectivity index (χ3n) is 3.27. The molecule has 2 rings (SSSR count). The Kier molecular flexibility index (Phi) is 5.12. The zero-order chi connectivity index (χ0) is 14.5. The molecule has 0 spiro atoms. The number of hydrogen-bond donors (Lipinski definition) is 1. The molecule has 1 amide bonds. The Balaban J connectivity index is 2.17. The summed E-state index contributed by atoms with van der Waals surface area (Å²) in [5.41, 5.74) is 2.43. The molecule has 0 aliphatic rings. The van der Waals surface area contributed by atoms with Crippen LogP contribution in [-0.4, -0.2) is 22.3 Å². The molecule has 0 aliphatic heterocycles. The van der Waals surface area contributed by atoms with Crippen LogP contribution in [0.2, 0.25) is 0 Å².